The van der Waals surface area contributed by atoms with Crippen LogP contribution in [0.5, 0.6) is 5.88 Å². The van der Waals surface area contributed by atoms with Crippen molar-refractivity contribution in [2.45, 2.75) is 6.54 Å². The van der Waals surface area contributed by atoms with Gasteiger partial charge >= 0.3 is 0 Å². The van der Waals surface area contributed by atoms with E-state index < -0.39 is 5.91 Å². The normalized spacial score (nSPS) is 10.8. The predicted molar refractivity (Wildman–Crippen MR) is 107 cm³/mol. The molecule has 3 heterocycles. The smallest absolute Gasteiger partial charge is 0.254 e. The third kappa shape index (κ3) is 3.25. The fraction of sp³-hybridized carbons (Fsp3) is 0.0952. The van der Waals surface area contributed by atoms with Gasteiger partial charge in [0.25, 0.3) is 5.91 Å². The molecule has 28 heavy (non-hydrogen) atoms. The first-order chi connectivity index (χ1) is 13.7. The molecular weight excluding hydrogens is 354 g/mol. The zero-order valence-electron chi connectivity index (χ0n) is 15.3. The number of nitrogens with zero attached hydrogens (tertiary/aromatic N) is 3. The fourth-order valence-electron chi connectivity index (χ4n) is 3.12. The Kier molecular flexibility index (Phi) is 4.63. The number of nitrogens with two attached hydrogens (primary N) is 1. The van der Waals surface area contributed by atoms with Crippen LogP contribution in [0.3, 0.4) is 0 Å². The lowest BCUT2D eigenvalue weighted by Gasteiger charge is -2.11. The molecule has 1 aromatic carbocycles. The number of methoxy groups -OCH3 is 1. The molecule has 0 unspecified atom stereocenters. The maximum atomic E-state index is 11.6. The third-order valence-corrected chi connectivity index (χ3v) is 4.45. The van der Waals surface area contributed by atoms with Crippen LogP contribution in [0.1, 0.15) is 16.1 Å². The van der Waals surface area contributed by atoms with Crippen LogP contribution in [-0.2, 0) is 6.54 Å². The first kappa shape index (κ1) is 17.5. The Balaban J connectivity index is 1.70. The molecule has 3 aromatic heterocycles. The van der Waals surface area contributed by atoms with E-state index in [1.807, 2.05) is 59.1 Å². The number of carbonyl (C=O) groups excluding carboxylic acids is 1. The van der Waals surface area contributed by atoms with Crippen molar-refractivity contribution in [3.05, 3.63) is 78.2 Å². The van der Waals surface area contributed by atoms with Gasteiger partial charge in [-0.2, -0.15) is 0 Å². The van der Waals surface area contributed by atoms with E-state index in [9.17, 15) is 4.79 Å². The molecule has 140 valence electrons. The molecule has 0 radical (unpaired) electrons. The second-order valence-corrected chi connectivity index (χ2v) is 6.20. The van der Waals surface area contributed by atoms with Crippen LogP contribution in [0.4, 0.5) is 5.69 Å². The van der Waals surface area contributed by atoms with Crippen LogP contribution in [0.15, 0.2) is 67.0 Å². The first-order valence-electron chi connectivity index (χ1n) is 8.76. The first-order valence-corrected chi connectivity index (χ1v) is 8.76. The summed E-state index contributed by atoms with van der Waals surface area (Å²) in [6.45, 7) is 0.488. The molecule has 0 spiro atoms. The van der Waals surface area contributed by atoms with Crippen molar-refractivity contribution in [3.8, 4) is 17.1 Å². The summed E-state index contributed by atoms with van der Waals surface area (Å²) in [5, 5.41) is 3.31. The maximum Gasteiger partial charge on any atom is 0.254 e. The molecule has 4 aromatic rings. The summed E-state index contributed by atoms with van der Waals surface area (Å²) < 4.78 is 7.14. The third-order valence-electron chi connectivity index (χ3n) is 4.45. The number of ether oxygens (including phenoxy) is 1. The molecule has 0 saturated heterocycles. The Morgan fingerprint density at radius 1 is 1.18 bits per heavy atom. The van der Waals surface area contributed by atoms with E-state index in [1.165, 1.54) is 7.11 Å². The molecule has 0 aliphatic rings. The molecule has 0 aliphatic heterocycles. The number of amides is 1. The molecule has 0 saturated carbocycles. The number of fused-ring (bicyclic) bond motifs is 1. The number of benzene rings is 1. The second-order valence-electron chi connectivity index (χ2n) is 6.20. The number of carbonyl (C=O) groups is 1. The summed E-state index contributed by atoms with van der Waals surface area (Å²) >= 11 is 0. The van der Waals surface area contributed by atoms with E-state index in [1.54, 1.807) is 12.3 Å². The number of hydrogen-bond acceptors (Lipinski definition) is 5. The van der Waals surface area contributed by atoms with Gasteiger partial charge in [0.05, 0.1) is 36.9 Å². The Hall–Kier alpha value is -3.87. The summed E-state index contributed by atoms with van der Waals surface area (Å²) in [4.78, 5) is 20.6. The van der Waals surface area contributed by atoms with Crippen molar-refractivity contribution in [2.75, 3.05) is 12.4 Å². The lowest BCUT2D eigenvalue weighted by atomic mass is 10.1. The molecular formula is C21H19N5O2. The highest BCUT2D eigenvalue weighted by Crippen LogP contribution is 2.26. The van der Waals surface area contributed by atoms with Crippen molar-refractivity contribution in [1.82, 2.24) is 14.4 Å². The van der Waals surface area contributed by atoms with Gasteiger partial charge in [0.15, 0.2) is 0 Å². The molecule has 0 fully saturated rings. The average molecular weight is 373 g/mol. The summed E-state index contributed by atoms with van der Waals surface area (Å²) in [6, 6.07) is 17.6. The molecule has 0 bridgehead atoms. The van der Waals surface area contributed by atoms with Crippen molar-refractivity contribution in [2.24, 2.45) is 5.73 Å². The maximum absolute atomic E-state index is 11.6. The van der Waals surface area contributed by atoms with Gasteiger partial charge in [-0.25, -0.2) is 9.97 Å². The molecule has 3 N–H and O–H groups in total. The van der Waals surface area contributed by atoms with Gasteiger partial charge in [-0.15, -0.1) is 0 Å². The van der Waals surface area contributed by atoms with Gasteiger partial charge in [0.1, 0.15) is 11.2 Å². The van der Waals surface area contributed by atoms with Crippen LogP contribution in [0.25, 0.3) is 16.9 Å². The second kappa shape index (κ2) is 7.40. The van der Waals surface area contributed by atoms with Crippen molar-refractivity contribution in [1.29, 1.82) is 0 Å². The van der Waals surface area contributed by atoms with Gasteiger partial charge in [-0.3, -0.25) is 4.79 Å². The molecule has 0 aliphatic carbocycles. The summed E-state index contributed by atoms with van der Waals surface area (Å²) in [5.74, 6) is -0.384. The highest BCUT2D eigenvalue weighted by atomic mass is 16.5. The SMILES string of the molecule is COc1ncc(NCc2c(-c3ccccc3)nc3ccccn23)cc1C(N)=O. The highest BCUT2D eigenvalue weighted by Gasteiger charge is 2.15. The zero-order chi connectivity index (χ0) is 19.5. The molecule has 0 atom stereocenters. The Labute approximate surface area is 161 Å². The zero-order valence-corrected chi connectivity index (χ0v) is 15.3. The number of hydrogen-bond donors (Lipinski definition) is 2. The minimum Gasteiger partial charge on any atom is -0.480 e. The minimum atomic E-state index is -0.590. The van der Waals surface area contributed by atoms with Gasteiger partial charge in [0, 0.05) is 11.8 Å². The fourth-order valence-corrected chi connectivity index (χ4v) is 3.12. The van der Waals surface area contributed by atoms with Gasteiger partial charge in [0.2, 0.25) is 5.88 Å². The number of anilines is 1. The van der Waals surface area contributed by atoms with Crippen LogP contribution in [-0.4, -0.2) is 27.4 Å². The number of pyridine rings is 2. The van der Waals surface area contributed by atoms with Gasteiger partial charge < -0.3 is 20.2 Å². The highest BCUT2D eigenvalue weighted by molar-refractivity contribution is 5.95. The Morgan fingerprint density at radius 2 is 1.96 bits per heavy atom. The predicted octanol–water partition coefficient (Wildman–Crippen LogP) is 3.12. The molecule has 7 heteroatoms. The van der Waals surface area contributed by atoms with Crippen LogP contribution in [0, 0.1) is 0 Å². The Bertz CT molecular complexity index is 1140. The molecule has 4 rings (SSSR count). The number of imidazole rings is 1. The number of aromatic nitrogens is 3. The van der Waals surface area contributed by atoms with E-state index >= 15 is 0 Å². The largest absolute Gasteiger partial charge is 0.480 e. The monoisotopic (exact) mass is 373 g/mol. The quantitative estimate of drug-likeness (QED) is 0.541. The number of nitrogens with one attached hydrogen (secondary N) is 1. The molecule has 7 nitrogen and oxygen atoms in total. The minimum absolute atomic E-state index is 0.206. The van der Waals surface area contributed by atoms with Gasteiger partial charge in [-0.1, -0.05) is 36.4 Å². The van der Waals surface area contributed by atoms with Crippen molar-refractivity contribution in [3.63, 3.8) is 0 Å². The molecule has 1 amide bonds. The van der Waals surface area contributed by atoms with Crippen LogP contribution in [0.2, 0.25) is 0 Å². The lowest BCUT2D eigenvalue weighted by molar-refractivity contribution is 0.0996. The van der Waals surface area contributed by atoms with E-state index in [4.69, 9.17) is 15.5 Å². The average Bonchev–Trinajstić information content (AvgIpc) is 3.11. The topological polar surface area (TPSA) is 94.5 Å². The van der Waals surface area contributed by atoms with Crippen LogP contribution < -0.4 is 15.8 Å². The van der Waals surface area contributed by atoms with E-state index in [2.05, 4.69) is 10.3 Å². The van der Waals surface area contributed by atoms with Crippen LogP contribution >= 0.6 is 0 Å². The number of primary amides is 1. The van der Waals surface area contributed by atoms with E-state index in [-0.39, 0.29) is 11.4 Å². The van der Waals surface area contributed by atoms with Crippen molar-refractivity contribution >= 4 is 17.2 Å². The Morgan fingerprint density at radius 3 is 2.71 bits per heavy atom. The summed E-state index contributed by atoms with van der Waals surface area (Å²) in [5.41, 5.74) is 10.1. The van der Waals surface area contributed by atoms with Gasteiger partial charge in [-0.05, 0) is 18.2 Å². The van der Waals surface area contributed by atoms with E-state index in [0.29, 0.717) is 12.2 Å². The summed E-state index contributed by atoms with van der Waals surface area (Å²) in [7, 11) is 1.45. The standard InChI is InChI=1S/C21H19N5O2/c1-28-21-16(20(22)27)11-15(12-24-21)23-13-17-19(14-7-3-2-4-8-14)25-18-9-5-6-10-26(17)18/h2-12,23H,13H2,1H3,(H2,22,27). The number of rotatable bonds is 6. The lowest BCUT2D eigenvalue weighted by Crippen LogP contribution is -2.14. The summed E-state index contributed by atoms with van der Waals surface area (Å²) in [6.07, 6.45) is 3.59. The van der Waals surface area contributed by atoms with Crippen molar-refractivity contribution < 1.29 is 9.53 Å². The van der Waals surface area contributed by atoms with E-state index in [0.717, 1.165) is 22.6 Å².